The first-order valence-corrected chi connectivity index (χ1v) is 15.5. The third-order valence-electron chi connectivity index (χ3n) is 7.97. The number of nitrogens with zero attached hydrogens (tertiary/aromatic N) is 4. The molecule has 8 rings (SSSR count). The lowest BCUT2D eigenvalue weighted by atomic mass is 10.0. The van der Waals surface area contributed by atoms with E-state index in [1.807, 2.05) is 48.7 Å². The van der Waals surface area contributed by atoms with Crippen molar-refractivity contribution in [1.29, 1.82) is 0 Å². The van der Waals surface area contributed by atoms with Crippen molar-refractivity contribution in [2.75, 3.05) is 0 Å². The average Bonchev–Trinajstić information content (AvgIpc) is 3.11. The molecule has 45 heavy (non-hydrogen) atoms. The number of hydrogen-bond acceptors (Lipinski definition) is 4. The van der Waals surface area contributed by atoms with Gasteiger partial charge in [0.05, 0.1) is 28.1 Å². The number of halogens is 1. The molecule has 0 saturated heterocycles. The summed E-state index contributed by atoms with van der Waals surface area (Å²) in [7, 11) is 0. The minimum atomic E-state index is 0.679. The van der Waals surface area contributed by atoms with Crippen LogP contribution in [0.5, 0.6) is 0 Å². The highest BCUT2D eigenvalue weighted by Crippen LogP contribution is 2.34. The Morgan fingerprint density at radius 1 is 0.378 bits per heavy atom. The number of aromatic nitrogens is 4. The SMILES string of the molecule is Brc1cc(-c2cc(-c3ccc(-c4ccccc4)cc3)nc(-c3ccccc3)n2)cc(-c2ccc3ccc4cccnc4c3n2)c1. The molecule has 0 bridgehead atoms. The molecule has 8 aromatic rings. The normalized spacial score (nSPS) is 11.2. The van der Waals surface area contributed by atoms with E-state index in [0.717, 1.165) is 65.6 Å². The Labute approximate surface area is 269 Å². The van der Waals surface area contributed by atoms with Gasteiger partial charge < -0.3 is 0 Å². The summed E-state index contributed by atoms with van der Waals surface area (Å²) in [4.78, 5) is 19.8. The second kappa shape index (κ2) is 11.5. The van der Waals surface area contributed by atoms with Crippen LogP contribution in [-0.2, 0) is 0 Å². The van der Waals surface area contributed by atoms with Crippen molar-refractivity contribution < 1.29 is 0 Å². The molecular formula is C40H25BrN4. The van der Waals surface area contributed by atoms with E-state index in [2.05, 4.69) is 124 Å². The molecule has 0 atom stereocenters. The molecule has 0 aliphatic heterocycles. The van der Waals surface area contributed by atoms with Crippen molar-refractivity contribution in [2.24, 2.45) is 0 Å². The minimum absolute atomic E-state index is 0.679. The van der Waals surface area contributed by atoms with Crippen LogP contribution in [0.2, 0.25) is 0 Å². The van der Waals surface area contributed by atoms with E-state index in [1.54, 1.807) is 0 Å². The van der Waals surface area contributed by atoms with E-state index in [9.17, 15) is 0 Å². The zero-order valence-electron chi connectivity index (χ0n) is 24.1. The monoisotopic (exact) mass is 640 g/mol. The number of benzene rings is 5. The van der Waals surface area contributed by atoms with E-state index in [0.29, 0.717) is 5.82 Å². The Balaban J connectivity index is 1.25. The standard InChI is InChI=1S/C40H25BrN4/c41-34-23-32(35-20-19-30-18-17-29-12-7-21-42-38(29)39(30)43-35)22-33(24-34)37-25-36(44-40(45-37)31-10-5-2-6-11-31)28-15-13-27(14-16-28)26-8-3-1-4-9-26/h1-25H. The van der Waals surface area contributed by atoms with Crippen molar-refractivity contribution in [2.45, 2.75) is 0 Å². The van der Waals surface area contributed by atoms with Gasteiger partial charge in [-0.05, 0) is 47.5 Å². The molecule has 0 spiro atoms. The van der Waals surface area contributed by atoms with Crippen molar-refractivity contribution in [3.8, 4) is 56.3 Å². The maximum atomic E-state index is 5.10. The molecular weight excluding hydrogens is 616 g/mol. The van der Waals surface area contributed by atoms with Crippen LogP contribution in [0.25, 0.3) is 78.1 Å². The molecule has 3 aromatic heterocycles. The van der Waals surface area contributed by atoms with Gasteiger partial charge in [-0.1, -0.05) is 125 Å². The molecule has 4 nitrogen and oxygen atoms in total. The summed E-state index contributed by atoms with van der Waals surface area (Å²) in [6, 6.07) is 49.9. The predicted octanol–water partition coefficient (Wildman–Crippen LogP) is 10.7. The van der Waals surface area contributed by atoms with Crippen LogP contribution in [0.4, 0.5) is 0 Å². The van der Waals surface area contributed by atoms with Crippen molar-refractivity contribution in [3.63, 3.8) is 0 Å². The maximum Gasteiger partial charge on any atom is 0.160 e. The first kappa shape index (κ1) is 27.1. The Kier molecular flexibility index (Phi) is 6.93. The van der Waals surface area contributed by atoms with Crippen LogP contribution in [0, 0.1) is 0 Å². The molecule has 0 aliphatic rings. The smallest absolute Gasteiger partial charge is 0.160 e. The zero-order chi connectivity index (χ0) is 30.2. The Morgan fingerprint density at radius 3 is 1.69 bits per heavy atom. The molecule has 0 aliphatic carbocycles. The van der Waals surface area contributed by atoms with Crippen LogP contribution in [0.15, 0.2) is 156 Å². The van der Waals surface area contributed by atoms with Gasteiger partial charge in [-0.3, -0.25) is 4.98 Å². The van der Waals surface area contributed by atoms with Gasteiger partial charge in [0.15, 0.2) is 5.82 Å². The van der Waals surface area contributed by atoms with Crippen LogP contribution in [0.1, 0.15) is 0 Å². The Hall–Kier alpha value is -5.52. The predicted molar refractivity (Wildman–Crippen MR) is 188 cm³/mol. The zero-order valence-corrected chi connectivity index (χ0v) is 25.7. The minimum Gasteiger partial charge on any atom is -0.254 e. The maximum absolute atomic E-state index is 5.10. The van der Waals surface area contributed by atoms with Crippen molar-refractivity contribution in [3.05, 3.63) is 156 Å². The highest BCUT2D eigenvalue weighted by atomic mass is 79.9. The molecule has 3 heterocycles. The first-order chi connectivity index (χ1) is 22.2. The molecule has 0 N–H and O–H groups in total. The lowest BCUT2D eigenvalue weighted by Crippen LogP contribution is -1.96. The van der Waals surface area contributed by atoms with Gasteiger partial charge in [0.25, 0.3) is 0 Å². The number of pyridine rings is 2. The second-order valence-electron chi connectivity index (χ2n) is 10.9. The lowest BCUT2D eigenvalue weighted by molar-refractivity contribution is 1.18. The van der Waals surface area contributed by atoms with Crippen molar-refractivity contribution >= 4 is 37.7 Å². The molecule has 212 valence electrons. The average molecular weight is 642 g/mol. The summed E-state index contributed by atoms with van der Waals surface area (Å²) in [6.45, 7) is 0. The summed E-state index contributed by atoms with van der Waals surface area (Å²) in [5.41, 5.74) is 10.7. The summed E-state index contributed by atoms with van der Waals surface area (Å²) in [5, 5.41) is 2.13. The van der Waals surface area contributed by atoms with E-state index in [-0.39, 0.29) is 0 Å². The fourth-order valence-corrected chi connectivity index (χ4v) is 6.19. The van der Waals surface area contributed by atoms with Gasteiger partial charge in [0, 0.05) is 43.7 Å². The van der Waals surface area contributed by atoms with Crippen molar-refractivity contribution in [1.82, 2.24) is 19.9 Å². The quantitative estimate of drug-likeness (QED) is 0.176. The van der Waals surface area contributed by atoms with Gasteiger partial charge in [-0.25, -0.2) is 15.0 Å². The summed E-state index contributed by atoms with van der Waals surface area (Å²) < 4.78 is 0.946. The summed E-state index contributed by atoms with van der Waals surface area (Å²) >= 11 is 3.77. The highest BCUT2D eigenvalue weighted by Gasteiger charge is 2.14. The van der Waals surface area contributed by atoms with E-state index < -0.39 is 0 Å². The Bertz CT molecular complexity index is 2320. The highest BCUT2D eigenvalue weighted by molar-refractivity contribution is 9.10. The number of rotatable bonds is 5. The molecule has 0 radical (unpaired) electrons. The fourth-order valence-electron chi connectivity index (χ4n) is 5.69. The fraction of sp³-hybridized carbons (Fsp3) is 0. The van der Waals surface area contributed by atoms with Gasteiger partial charge in [-0.2, -0.15) is 0 Å². The Morgan fingerprint density at radius 2 is 0.956 bits per heavy atom. The van der Waals surface area contributed by atoms with E-state index in [1.165, 1.54) is 11.1 Å². The van der Waals surface area contributed by atoms with Gasteiger partial charge >= 0.3 is 0 Å². The number of fused-ring (bicyclic) bond motifs is 3. The third kappa shape index (κ3) is 5.39. The summed E-state index contributed by atoms with van der Waals surface area (Å²) in [5.74, 6) is 0.679. The molecule has 0 saturated carbocycles. The molecule has 0 amide bonds. The molecule has 0 unspecified atom stereocenters. The van der Waals surface area contributed by atoms with Crippen LogP contribution in [-0.4, -0.2) is 19.9 Å². The molecule has 5 heteroatoms. The molecule has 5 aromatic carbocycles. The molecule has 0 fully saturated rings. The second-order valence-corrected chi connectivity index (χ2v) is 11.8. The lowest BCUT2D eigenvalue weighted by Gasteiger charge is -2.12. The number of hydrogen-bond donors (Lipinski definition) is 0. The van der Waals surface area contributed by atoms with Gasteiger partial charge in [-0.15, -0.1) is 0 Å². The third-order valence-corrected chi connectivity index (χ3v) is 8.43. The van der Waals surface area contributed by atoms with Gasteiger partial charge in [0.1, 0.15) is 0 Å². The van der Waals surface area contributed by atoms with Crippen LogP contribution in [0.3, 0.4) is 0 Å². The largest absolute Gasteiger partial charge is 0.254 e. The van der Waals surface area contributed by atoms with Gasteiger partial charge in [0.2, 0.25) is 0 Å². The van der Waals surface area contributed by atoms with Crippen LogP contribution < -0.4 is 0 Å². The topological polar surface area (TPSA) is 51.6 Å². The van der Waals surface area contributed by atoms with E-state index in [4.69, 9.17) is 15.0 Å². The first-order valence-electron chi connectivity index (χ1n) is 14.7. The summed E-state index contributed by atoms with van der Waals surface area (Å²) in [6.07, 6.45) is 1.82. The van der Waals surface area contributed by atoms with E-state index >= 15 is 0 Å². The van der Waals surface area contributed by atoms with Crippen LogP contribution >= 0.6 is 15.9 Å².